The van der Waals surface area contributed by atoms with Crippen LogP contribution in [-0.2, 0) is 0 Å². The van der Waals surface area contributed by atoms with Crippen LogP contribution in [0.25, 0.3) is 0 Å². The van der Waals surface area contributed by atoms with Gasteiger partial charge in [0.25, 0.3) is 0 Å². The molecule has 0 aromatic heterocycles. The number of aliphatic hydroxyl groups excluding tert-OH is 1. The van der Waals surface area contributed by atoms with E-state index in [4.69, 9.17) is 0 Å². The Bertz CT molecular complexity index is 382. The largest absolute Gasteiger partial charge is 0.384 e. The highest BCUT2D eigenvalue weighted by atomic mass is 16.3. The summed E-state index contributed by atoms with van der Waals surface area (Å²) in [5.41, 5.74) is 0.234. The van der Waals surface area contributed by atoms with E-state index in [-0.39, 0.29) is 11.2 Å². The fraction of sp³-hybridized carbons (Fsp3) is 0.588. The number of unbranched alkanes of at least 4 members (excludes halogenated alkanes) is 3. The van der Waals surface area contributed by atoms with Crippen molar-refractivity contribution in [2.24, 2.45) is 5.41 Å². The summed E-state index contributed by atoms with van der Waals surface area (Å²) < 4.78 is 0. The van der Waals surface area contributed by atoms with Crippen molar-refractivity contribution in [2.75, 3.05) is 0 Å². The summed E-state index contributed by atoms with van der Waals surface area (Å²) in [5, 5.41) is 10.3. The fourth-order valence-corrected chi connectivity index (χ4v) is 2.26. The molecule has 1 aromatic carbocycles. The zero-order valence-corrected chi connectivity index (χ0v) is 12.4. The Hall–Kier alpha value is -1.15. The number of ketones is 1. The standard InChI is InChI=1S/C17H26O2/c1-4-5-6-10-13-17(2,3)16(19)15(18)14-11-8-7-9-12-14/h7-9,11-12,16,19H,4-6,10,13H2,1-3H3. The lowest BCUT2D eigenvalue weighted by molar-refractivity contribution is 0.0342. The number of Topliss-reactive ketones (excluding diaryl/α,β-unsaturated/α-hetero) is 1. The van der Waals surface area contributed by atoms with Crippen LogP contribution in [0.4, 0.5) is 0 Å². The molecule has 0 heterocycles. The highest BCUT2D eigenvalue weighted by Crippen LogP contribution is 2.30. The Labute approximate surface area is 116 Å². The normalized spacial score (nSPS) is 13.3. The molecule has 1 unspecified atom stereocenters. The van der Waals surface area contributed by atoms with Gasteiger partial charge < -0.3 is 5.11 Å². The van der Waals surface area contributed by atoms with Gasteiger partial charge in [-0.2, -0.15) is 0 Å². The molecule has 0 amide bonds. The maximum Gasteiger partial charge on any atom is 0.191 e. The minimum atomic E-state index is -0.920. The Kier molecular flexibility index (Phi) is 6.23. The van der Waals surface area contributed by atoms with Crippen molar-refractivity contribution in [3.63, 3.8) is 0 Å². The van der Waals surface area contributed by atoms with Gasteiger partial charge in [0.1, 0.15) is 6.10 Å². The van der Waals surface area contributed by atoms with Crippen molar-refractivity contribution in [3.8, 4) is 0 Å². The van der Waals surface area contributed by atoms with E-state index in [0.29, 0.717) is 5.56 Å². The Morgan fingerprint density at radius 1 is 1.16 bits per heavy atom. The van der Waals surface area contributed by atoms with Crippen LogP contribution in [0.1, 0.15) is 63.2 Å². The second-order valence-electron chi connectivity index (χ2n) is 5.93. The van der Waals surface area contributed by atoms with E-state index >= 15 is 0 Å². The third kappa shape index (κ3) is 4.79. The molecule has 2 heteroatoms. The molecular formula is C17H26O2. The first-order valence-electron chi connectivity index (χ1n) is 7.26. The van der Waals surface area contributed by atoms with Gasteiger partial charge in [0.05, 0.1) is 0 Å². The summed E-state index contributed by atoms with van der Waals surface area (Å²) in [5.74, 6) is -0.166. The van der Waals surface area contributed by atoms with Gasteiger partial charge in [-0.3, -0.25) is 4.79 Å². The van der Waals surface area contributed by atoms with Crippen LogP contribution in [0, 0.1) is 5.41 Å². The third-order valence-corrected chi connectivity index (χ3v) is 3.72. The van der Waals surface area contributed by atoms with Crippen LogP contribution in [0.3, 0.4) is 0 Å². The van der Waals surface area contributed by atoms with E-state index in [1.807, 2.05) is 32.0 Å². The summed E-state index contributed by atoms with van der Waals surface area (Å²) in [6.45, 7) is 6.13. The molecule has 0 radical (unpaired) electrons. The zero-order chi connectivity index (χ0) is 14.3. The molecule has 1 N–H and O–H groups in total. The van der Waals surface area contributed by atoms with Crippen molar-refractivity contribution in [3.05, 3.63) is 35.9 Å². The predicted octanol–water partition coefficient (Wildman–Crippen LogP) is 4.23. The molecular weight excluding hydrogens is 236 g/mol. The summed E-state index contributed by atoms with van der Waals surface area (Å²) in [6.07, 6.45) is 4.63. The van der Waals surface area contributed by atoms with Gasteiger partial charge in [-0.25, -0.2) is 0 Å². The van der Waals surface area contributed by atoms with E-state index < -0.39 is 6.10 Å². The third-order valence-electron chi connectivity index (χ3n) is 3.72. The molecule has 0 bridgehead atoms. The molecule has 19 heavy (non-hydrogen) atoms. The van der Waals surface area contributed by atoms with Crippen LogP contribution in [0.15, 0.2) is 30.3 Å². The Morgan fingerprint density at radius 2 is 1.79 bits per heavy atom. The number of carbonyl (C=O) groups is 1. The maximum atomic E-state index is 12.2. The molecule has 106 valence electrons. The summed E-state index contributed by atoms with van der Waals surface area (Å²) >= 11 is 0. The summed E-state index contributed by atoms with van der Waals surface area (Å²) in [4.78, 5) is 12.2. The average Bonchev–Trinajstić information content (AvgIpc) is 2.43. The van der Waals surface area contributed by atoms with Gasteiger partial charge in [0.15, 0.2) is 5.78 Å². The minimum Gasteiger partial charge on any atom is -0.384 e. The molecule has 0 aliphatic rings. The first-order chi connectivity index (χ1) is 8.99. The monoisotopic (exact) mass is 262 g/mol. The van der Waals surface area contributed by atoms with Gasteiger partial charge in [0.2, 0.25) is 0 Å². The van der Waals surface area contributed by atoms with E-state index in [0.717, 1.165) is 12.8 Å². The zero-order valence-electron chi connectivity index (χ0n) is 12.4. The van der Waals surface area contributed by atoms with Crippen LogP contribution in [0.5, 0.6) is 0 Å². The second kappa shape index (κ2) is 7.44. The average molecular weight is 262 g/mol. The van der Waals surface area contributed by atoms with Gasteiger partial charge in [-0.1, -0.05) is 76.8 Å². The van der Waals surface area contributed by atoms with Crippen LogP contribution < -0.4 is 0 Å². The molecule has 0 aliphatic carbocycles. The van der Waals surface area contributed by atoms with Gasteiger partial charge in [0, 0.05) is 5.56 Å². The van der Waals surface area contributed by atoms with E-state index in [2.05, 4.69) is 6.92 Å². The van der Waals surface area contributed by atoms with E-state index in [9.17, 15) is 9.90 Å². The van der Waals surface area contributed by atoms with E-state index in [1.165, 1.54) is 19.3 Å². The fourth-order valence-electron chi connectivity index (χ4n) is 2.26. The van der Waals surface area contributed by atoms with Gasteiger partial charge in [-0.15, -0.1) is 0 Å². The predicted molar refractivity (Wildman–Crippen MR) is 79.3 cm³/mol. The lowest BCUT2D eigenvalue weighted by Gasteiger charge is -2.29. The number of benzene rings is 1. The number of carbonyl (C=O) groups excluding carboxylic acids is 1. The van der Waals surface area contributed by atoms with Crippen LogP contribution >= 0.6 is 0 Å². The SMILES string of the molecule is CCCCCCC(C)(C)C(O)C(=O)c1ccccc1. The molecule has 0 saturated heterocycles. The van der Waals surface area contributed by atoms with Crippen molar-refractivity contribution < 1.29 is 9.90 Å². The minimum absolute atomic E-state index is 0.166. The molecule has 1 rings (SSSR count). The first kappa shape index (κ1) is 15.9. The van der Waals surface area contributed by atoms with Crippen molar-refractivity contribution in [2.45, 2.75) is 59.0 Å². The highest BCUT2D eigenvalue weighted by Gasteiger charge is 2.33. The molecule has 0 spiro atoms. The van der Waals surface area contributed by atoms with Crippen LogP contribution in [-0.4, -0.2) is 17.0 Å². The van der Waals surface area contributed by atoms with Crippen LogP contribution in [0.2, 0.25) is 0 Å². The first-order valence-corrected chi connectivity index (χ1v) is 7.26. The Morgan fingerprint density at radius 3 is 2.37 bits per heavy atom. The Balaban J connectivity index is 2.59. The molecule has 1 atom stereocenters. The molecule has 0 fully saturated rings. The number of rotatable bonds is 8. The van der Waals surface area contributed by atoms with Crippen molar-refractivity contribution in [1.29, 1.82) is 0 Å². The smallest absolute Gasteiger partial charge is 0.191 e. The molecule has 1 aromatic rings. The summed E-state index contributed by atoms with van der Waals surface area (Å²) in [6, 6.07) is 9.05. The highest BCUT2D eigenvalue weighted by molar-refractivity contribution is 5.99. The summed E-state index contributed by atoms with van der Waals surface area (Å²) in [7, 11) is 0. The lowest BCUT2D eigenvalue weighted by Crippen LogP contribution is -2.36. The topological polar surface area (TPSA) is 37.3 Å². The van der Waals surface area contributed by atoms with Crippen molar-refractivity contribution in [1.82, 2.24) is 0 Å². The second-order valence-corrected chi connectivity index (χ2v) is 5.93. The lowest BCUT2D eigenvalue weighted by atomic mass is 9.78. The van der Waals surface area contributed by atoms with Crippen molar-refractivity contribution >= 4 is 5.78 Å². The number of hydrogen-bond donors (Lipinski definition) is 1. The van der Waals surface area contributed by atoms with Gasteiger partial charge in [-0.05, 0) is 11.8 Å². The van der Waals surface area contributed by atoms with E-state index in [1.54, 1.807) is 12.1 Å². The number of aliphatic hydroxyl groups is 1. The molecule has 0 aliphatic heterocycles. The quantitative estimate of drug-likeness (QED) is 0.562. The number of hydrogen-bond acceptors (Lipinski definition) is 2. The maximum absolute atomic E-state index is 12.2. The van der Waals surface area contributed by atoms with Gasteiger partial charge >= 0.3 is 0 Å². The molecule has 0 saturated carbocycles. The molecule has 2 nitrogen and oxygen atoms in total.